The molecule has 3 N–H and O–H groups in total. The number of allylic oxidation sites excluding steroid dienone is 4. The highest BCUT2D eigenvalue weighted by Gasteiger charge is 2.20. The number of aliphatic hydroxyl groups excluding tert-OH is 2. The number of esters is 1. The maximum Gasteiger partial charge on any atom is 0.305 e. The minimum atomic E-state index is -0.666. The molecule has 0 saturated carbocycles. The Kier molecular flexibility index (Phi) is 71.4. The molecule has 0 rings (SSSR count). The fourth-order valence-corrected chi connectivity index (χ4v) is 12.2. The van der Waals surface area contributed by atoms with Crippen molar-refractivity contribution in [2.75, 3.05) is 13.2 Å². The average Bonchev–Trinajstić information content (AvgIpc) is 3.49. The summed E-state index contributed by atoms with van der Waals surface area (Å²) in [5.41, 5.74) is 0. The first-order valence-electron chi connectivity index (χ1n) is 38.1. The number of hydrogen-bond donors (Lipinski definition) is 3. The Morgan fingerprint density at radius 2 is 0.566 bits per heavy atom. The van der Waals surface area contributed by atoms with E-state index in [1.54, 1.807) is 0 Å². The van der Waals surface area contributed by atoms with Gasteiger partial charge in [-0.25, -0.2) is 0 Å². The number of amides is 1. The smallest absolute Gasteiger partial charge is 0.305 e. The maximum atomic E-state index is 12.6. The van der Waals surface area contributed by atoms with Gasteiger partial charge in [-0.2, -0.15) is 0 Å². The van der Waals surface area contributed by atoms with Crippen LogP contribution in [0.2, 0.25) is 0 Å². The third kappa shape index (κ3) is 69.3. The van der Waals surface area contributed by atoms with Gasteiger partial charge in [0.05, 0.1) is 25.4 Å². The van der Waals surface area contributed by atoms with Crippen molar-refractivity contribution in [3.63, 3.8) is 0 Å². The van der Waals surface area contributed by atoms with Gasteiger partial charge in [0.25, 0.3) is 0 Å². The number of aliphatic hydroxyl groups is 2. The van der Waals surface area contributed by atoms with E-state index in [1.165, 1.54) is 353 Å². The molecule has 0 radical (unpaired) electrons. The van der Waals surface area contributed by atoms with Gasteiger partial charge in [-0.3, -0.25) is 9.59 Å². The molecule has 0 spiro atoms. The average molecular weight is 1170 g/mol. The van der Waals surface area contributed by atoms with E-state index >= 15 is 0 Å². The molecule has 2 atom stereocenters. The lowest BCUT2D eigenvalue weighted by Gasteiger charge is -2.22. The third-order valence-corrected chi connectivity index (χ3v) is 18.0. The number of hydrogen-bond acceptors (Lipinski definition) is 5. The molecule has 0 aliphatic carbocycles. The molecule has 0 bridgehead atoms. The maximum absolute atomic E-state index is 12.6. The van der Waals surface area contributed by atoms with E-state index in [1.807, 2.05) is 0 Å². The van der Waals surface area contributed by atoms with Crippen molar-refractivity contribution in [1.29, 1.82) is 0 Å². The van der Waals surface area contributed by atoms with Gasteiger partial charge in [0.15, 0.2) is 0 Å². The Bertz CT molecular complexity index is 1300. The number of ether oxygens (including phenoxy) is 1. The van der Waals surface area contributed by atoms with Crippen molar-refractivity contribution in [2.24, 2.45) is 0 Å². The lowest BCUT2D eigenvalue weighted by molar-refractivity contribution is -0.143. The molecule has 2 unspecified atom stereocenters. The molecule has 492 valence electrons. The van der Waals surface area contributed by atoms with E-state index in [-0.39, 0.29) is 18.5 Å². The van der Waals surface area contributed by atoms with Gasteiger partial charge in [0, 0.05) is 12.8 Å². The van der Waals surface area contributed by atoms with Crippen molar-refractivity contribution in [2.45, 2.75) is 443 Å². The van der Waals surface area contributed by atoms with Crippen molar-refractivity contribution in [1.82, 2.24) is 5.32 Å². The third-order valence-electron chi connectivity index (χ3n) is 18.0. The molecule has 0 aliphatic heterocycles. The largest absolute Gasteiger partial charge is 0.466 e. The molecular formula is C77H149NO5. The van der Waals surface area contributed by atoms with Crippen LogP contribution in [-0.2, 0) is 14.3 Å². The van der Waals surface area contributed by atoms with E-state index in [2.05, 4.69) is 43.5 Å². The summed E-state index contributed by atoms with van der Waals surface area (Å²) in [6, 6.07) is -0.544. The number of carbonyl (C=O) groups is 2. The van der Waals surface area contributed by atoms with Gasteiger partial charge < -0.3 is 20.3 Å². The molecule has 1 amide bonds. The summed E-state index contributed by atoms with van der Waals surface area (Å²) >= 11 is 0. The van der Waals surface area contributed by atoms with Gasteiger partial charge in [-0.15, -0.1) is 0 Å². The lowest BCUT2D eigenvalue weighted by atomic mass is 10.0. The second kappa shape index (κ2) is 72.8. The zero-order valence-electron chi connectivity index (χ0n) is 56.5. The summed E-state index contributed by atoms with van der Waals surface area (Å²) in [5.74, 6) is -0.0228. The highest BCUT2D eigenvalue weighted by molar-refractivity contribution is 5.76. The first-order chi connectivity index (χ1) is 41.0. The van der Waals surface area contributed by atoms with Crippen LogP contribution >= 0.6 is 0 Å². The number of rotatable bonds is 72. The SMILES string of the molecule is CCCCCCC/C=C\CCCCCCCC(=O)OCCCCCCCCCCCCCC/C=C\CCCCCCCCCCCCCC(=O)NC(CO)C(O)CCCCCCCCCCCCCCCCCCCCCCCCCCC. The molecule has 0 aliphatic rings. The number of unbranched alkanes of at least 4 members (excludes halogenated alkanes) is 57. The molecule has 6 nitrogen and oxygen atoms in total. The summed E-state index contributed by atoms with van der Waals surface area (Å²) in [6.07, 6.45) is 92.5. The van der Waals surface area contributed by atoms with E-state index < -0.39 is 12.1 Å². The second-order valence-corrected chi connectivity index (χ2v) is 26.3. The van der Waals surface area contributed by atoms with E-state index in [9.17, 15) is 19.8 Å². The fourth-order valence-electron chi connectivity index (χ4n) is 12.2. The van der Waals surface area contributed by atoms with Crippen molar-refractivity contribution < 1.29 is 24.5 Å². The Hall–Kier alpha value is -1.66. The van der Waals surface area contributed by atoms with Gasteiger partial charge in [-0.1, -0.05) is 366 Å². The van der Waals surface area contributed by atoms with Crippen LogP contribution in [-0.4, -0.2) is 47.4 Å². The Balaban J connectivity index is 3.38. The molecule has 83 heavy (non-hydrogen) atoms. The summed E-state index contributed by atoms with van der Waals surface area (Å²) < 4.78 is 5.49. The summed E-state index contributed by atoms with van der Waals surface area (Å²) in [6.45, 7) is 4.99. The summed E-state index contributed by atoms with van der Waals surface area (Å²) in [7, 11) is 0. The molecular weight excluding hydrogens is 1020 g/mol. The van der Waals surface area contributed by atoms with Crippen LogP contribution in [0.25, 0.3) is 0 Å². The number of carbonyl (C=O) groups excluding carboxylic acids is 2. The molecule has 0 heterocycles. The van der Waals surface area contributed by atoms with Crippen LogP contribution in [0.5, 0.6) is 0 Å². The normalized spacial score (nSPS) is 12.6. The first kappa shape index (κ1) is 81.3. The zero-order chi connectivity index (χ0) is 59.9. The van der Waals surface area contributed by atoms with Crippen LogP contribution in [0.4, 0.5) is 0 Å². The fraction of sp³-hybridized carbons (Fsp3) is 0.922. The molecule has 6 heteroatoms. The predicted octanol–water partition coefficient (Wildman–Crippen LogP) is 24.9. The van der Waals surface area contributed by atoms with Crippen LogP contribution in [0.1, 0.15) is 431 Å². The quantitative estimate of drug-likeness (QED) is 0.0320. The predicted molar refractivity (Wildman–Crippen MR) is 366 cm³/mol. The van der Waals surface area contributed by atoms with E-state index in [0.29, 0.717) is 25.9 Å². The Morgan fingerprint density at radius 1 is 0.325 bits per heavy atom. The highest BCUT2D eigenvalue weighted by Crippen LogP contribution is 2.19. The molecule has 0 aromatic heterocycles. The summed E-state index contributed by atoms with van der Waals surface area (Å²) in [5, 5.41) is 23.5. The molecule has 0 aromatic carbocycles. The van der Waals surface area contributed by atoms with Crippen molar-refractivity contribution in [3.8, 4) is 0 Å². The molecule has 0 saturated heterocycles. The number of nitrogens with one attached hydrogen (secondary N) is 1. The monoisotopic (exact) mass is 1170 g/mol. The molecule has 0 aromatic rings. The van der Waals surface area contributed by atoms with Crippen LogP contribution in [0, 0.1) is 0 Å². The minimum absolute atomic E-state index is 0.00757. The van der Waals surface area contributed by atoms with Crippen LogP contribution in [0.3, 0.4) is 0 Å². The topological polar surface area (TPSA) is 95.9 Å². The minimum Gasteiger partial charge on any atom is -0.466 e. The van der Waals surface area contributed by atoms with Gasteiger partial charge >= 0.3 is 5.97 Å². The Labute approximate surface area is 520 Å². The first-order valence-corrected chi connectivity index (χ1v) is 38.1. The Morgan fingerprint density at radius 3 is 0.855 bits per heavy atom. The van der Waals surface area contributed by atoms with E-state index in [0.717, 1.165) is 44.9 Å². The van der Waals surface area contributed by atoms with Crippen molar-refractivity contribution in [3.05, 3.63) is 24.3 Å². The molecule has 0 fully saturated rings. The van der Waals surface area contributed by atoms with Crippen molar-refractivity contribution >= 4 is 11.9 Å². The lowest BCUT2D eigenvalue weighted by Crippen LogP contribution is -2.45. The van der Waals surface area contributed by atoms with Gasteiger partial charge in [-0.05, 0) is 77.0 Å². The van der Waals surface area contributed by atoms with Gasteiger partial charge in [0.2, 0.25) is 5.91 Å². The summed E-state index contributed by atoms with van der Waals surface area (Å²) in [4.78, 5) is 24.6. The van der Waals surface area contributed by atoms with Crippen LogP contribution < -0.4 is 5.32 Å². The zero-order valence-corrected chi connectivity index (χ0v) is 56.5. The van der Waals surface area contributed by atoms with E-state index in [4.69, 9.17) is 4.74 Å². The van der Waals surface area contributed by atoms with Gasteiger partial charge in [0.1, 0.15) is 0 Å². The highest BCUT2D eigenvalue weighted by atomic mass is 16.5. The van der Waals surface area contributed by atoms with Crippen LogP contribution in [0.15, 0.2) is 24.3 Å². The second-order valence-electron chi connectivity index (χ2n) is 26.3. The standard InChI is InChI=1S/C77H149NO5/c1-3-5-7-9-11-13-15-17-19-20-21-22-23-27-30-33-36-39-42-45-49-53-57-61-65-69-75(80)74(73-79)78-76(81)70-66-62-58-54-50-46-43-40-37-34-31-28-25-24-26-29-32-35-38-41-44-48-52-56-60-64-68-72-83-77(82)71-67-63-59-55-51-47-18-16-14-12-10-8-6-4-2/h16,18,24-25,74-75,79-80H,3-15,17,19-23,26-73H2,1-2H3,(H,78,81)/b18-16-,25-24-.